The van der Waals surface area contributed by atoms with Crippen molar-refractivity contribution in [3.63, 3.8) is 0 Å². The van der Waals surface area contributed by atoms with E-state index in [1.807, 2.05) is 6.92 Å². The number of Topliss-reactive ketones (excluding diaryl/α,β-unsaturated/α-hetero) is 1. The topological polar surface area (TPSA) is 81.7 Å². The van der Waals surface area contributed by atoms with Gasteiger partial charge in [0, 0.05) is 17.5 Å². The van der Waals surface area contributed by atoms with Crippen LogP contribution in [-0.2, 0) is 19.1 Å². The maximum atomic E-state index is 12.3. The van der Waals surface area contributed by atoms with Crippen LogP contribution in [-0.4, -0.2) is 30.9 Å². The van der Waals surface area contributed by atoms with E-state index in [2.05, 4.69) is 5.32 Å². The average Bonchev–Trinajstić information content (AvgIpc) is 2.61. The number of amides is 1. The van der Waals surface area contributed by atoms with Crippen molar-refractivity contribution in [3.8, 4) is 5.75 Å². The molecule has 6 nitrogen and oxygen atoms in total. The molecule has 0 aliphatic heterocycles. The molecule has 0 aromatic heterocycles. The highest BCUT2D eigenvalue weighted by Crippen LogP contribution is 2.40. The Balaban J connectivity index is 1.45. The van der Waals surface area contributed by atoms with Gasteiger partial charge < -0.3 is 14.8 Å². The Morgan fingerprint density at radius 1 is 1.12 bits per heavy atom. The average molecular weight is 359 g/mol. The first-order valence-corrected chi connectivity index (χ1v) is 9.30. The molecule has 0 unspecified atom stereocenters. The molecule has 1 aromatic carbocycles. The Labute approximate surface area is 153 Å². The Hall–Kier alpha value is -2.37. The van der Waals surface area contributed by atoms with Crippen molar-refractivity contribution < 1.29 is 23.9 Å². The highest BCUT2D eigenvalue weighted by Gasteiger charge is 2.41. The molecule has 2 saturated carbocycles. The van der Waals surface area contributed by atoms with E-state index in [0.717, 1.165) is 25.0 Å². The zero-order valence-electron chi connectivity index (χ0n) is 15.0. The van der Waals surface area contributed by atoms with Crippen LogP contribution in [0.2, 0.25) is 0 Å². The molecule has 0 radical (unpaired) electrons. The van der Waals surface area contributed by atoms with Gasteiger partial charge in [0.2, 0.25) is 0 Å². The summed E-state index contributed by atoms with van der Waals surface area (Å²) >= 11 is 0. The van der Waals surface area contributed by atoms with E-state index in [1.54, 1.807) is 24.3 Å². The number of fused-ring (bicyclic) bond motifs is 2. The van der Waals surface area contributed by atoms with Gasteiger partial charge in [0.25, 0.3) is 5.91 Å². The minimum absolute atomic E-state index is 0.00210. The van der Waals surface area contributed by atoms with Crippen molar-refractivity contribution in [2.45, 2.75) is 39.0 Å². The van der Waals surface area contributed by atoms with Crippen LogP contribution in [0, 0.1) is 17.8 Å². The van der Waals surface area contributed by atoms with Gasteiger partial charge in [-0.3, -0.25) is 14.4 Å². The minimum Gasteiger partial charge on any atom is -0.494 e. The second kappa shape index (κ2) is 8.34. The molecule has 0 spiro atoms. The summed E-state index contributed by atoms with van der Waals surface area (Å²) in [4.78, 5) is 36.3. The van der Waals surface area contributed by atoms with Crippen LogP contribution in [0.4, 0.5) is 5.69 Å². The third kappa shape index (κ3) is 4.42. The van der Waals surface area contributed by atoms with Crippen LogP contribution in [0.3, 0.4) is 0 Å². The Morgan fingerprint density at radius 2 is 1.77 bits per heavy atom. The molecule has 2 aliphatic carbocycles. The quantitative estimate of drug-likeness (QED) is 0.790. The molecule has 140 valence electrons. The van der Waals surface area contributed by atoms with Crippen LogP contribution in [0.1, 0.15) is 39.0 Å². The number of carbonyl (C=O) groups excluding carboxylic acids is 3. The predicted octanol–water partition coefficient (Wildman–Crippen LogP) is 2.96. The third-order valence-corrected chi connectivity index (χ3v) is 5.18. The van der Waals surface area contributed by atoms with E-state index in [0.29, 0.717) is 30.9 Å². The molecule has 2 fully saturated rings. The molecule has 2 atom stereocenters. The maximum absolute atomic E-state index is 12.3. The van der Waals surface area contributed by atoms with Gasteiger partial charge in [-0.05, 0) is 56.9 Å². The van der Waals surface area contributed by atoms with Crippen molar-refractivity contribution >= 4 is 23.3 Å². The smallest absolute Gasteiger partial charge is 0.309 e. The molecular formula is C20H25NO5. The maximum Gasteiger partial charge on any atom is 0.309 e. The molecule has 0 heterocycles. The summed E-state index contributed by atoms with van der Waals surface area (Å²) < 4.78 is 10.5. The van der Waals surface area contributed by atoms with E-state index in [9.17, 15) is 14.4 Å². The van der Waals surface area contributed by atoms with E-state index in [1.165, 1.54) is 0 Å². The van der Waals surface area contributed by atoms with Gasteiger partial charge in [-0.15, -0.1) is 0 Å². The normalized spacial score (nSPS) is 24.7. The summed E-state index contributed by atoms with van der Waals surface area (Å²) in [6, 6.07) is 7.00. The molecule has 3 rings (SSSR count). The van der Waals surface area contributed by atoms with Gasteiger partial charge in [0.05, 0.1) is 12.5 Å². The molecule has 0 saturated heterocycles. The number of carbonyl (C=O) groups is 3. The Morgan fingerprint density at radius 3 is 2.38 bits per heavy atom. The minimum atomic E-state index is -0.380. The van der Waals surface area contributed by atoms with Gasteiger partial charge in [0.1, 0.15) is 11.5 Å². The summed E-state index contributed by atoms with van der Waals surface area (Å²) in [5.41, 5.74) is 0.618. The lowest BCUT2D eigenvalue weighted by Gasteiger charge is -2.36. The van der Waals surface area contributed by atoms with Gasteiger partial charge in [0.15, 0.2) is 6.61 Å². The predicted molar refractivity (Wildman–Crippen MR) is 95.8 cm³/mol. The number of hydrogen-bond donors (Lipinski definition) is 1. The lowest BCUT2D eigenvalue weighted by atomic mass is 9.67. The SMILES string of the molecule is CCOc1ccc(NC(=O)COC(=O)C2C[C@H]3CCC[C@H](C2)C3=O)cc1. The van der Waals surface area contributed by atoms with Crippen LogP contribution in [0.25, 0.3) is 0 Å². The number of esters is 1. The Kier molecular flexibility index (Phi) is 5.91. The van der Waals surface area contributed by atoms with Crippen LogP contribution in [0.15, 0.2) is 24.3 Å². The van der Waals surface area contributed by atoms with Crippen LogP contribution < -0.4 is 10.1 Å². The van der Waals surface area contributed by atoms with Crippen molar-refractivity contribution in [2.75, 3.05) is 18.5 Å². The first-order chi connectivity index (χ1) is 12.6. The molecular weight excluding hydrogens is 334 g/mol. The summed E-state index contributed by atoms with van der Waals surface area (Å²) in [6.07, 6.45) is 3.94. The second-order valence-electron chi connectivity index (χ2n) is 7.01. The molecule has 2 bridgehead atoms. The fourth-order valence-corrected chi connectivity index (χ4v) is 3.92. The van der Waals surface area contributed by atoms with Gasteiger partial charge in [-0.2, -0.15) is 0 Å². The van der Waals surface area contributed by atoms with Crippen molar-refractivity contribution in [2.24, 2.45) is 17.8 Å². The molecule has 2 aliphatic rings. The number of nitrogens with one attached hydrogen (secondary N) is 1. The van der Waals surface area contributed by atoms with Crippen molar-refractivity contribution in [1.82, 2.24) is 0 Å². The first kappa shape index (κ1) is 18.4. The van der Waals surface area contributed by atoms with Gasteiger partial charge in [-0.25, -0.2) is 0 Å². The molecule has 6 heteroatoms. The van der Waals surface area contributed by atoms with Gasteiger partial charge in [-0.1, -0.05) is 6.42 Å². The van der Waals surface area contributed by atoms with Crippen molar-refractivity contribution in [1.29, 1.82) is 0 Å². The first-order valence-electron chi connectivity index (χ1n) is 9.30. The third-order valence-electron chi connectivity index (χ3n) is 5.18. The Bertz CT molecular complexity index is 653. The number of ether oxygens (including phenoxy) is 2. The molecule has 1 amide bonds. The lowest BCUT2D eigenvalue weighted by molar-refractivity contribution is -0.155. The highest BCUT2D eigenvalue weighted by molar-refractivity contribution is 5.93. The summed E-state index contributed by atoms with van der Waals surface area (Å²) in [5.74, 6) is 0.0328. The zero-order chi connectivity index (χ0) is 18.5. The number of anilines is 1. The fraction of sp³-hybridized carbons (Fsp3) is 0.550. The number of benzene rings is 1. The summed E-state index contributed by atoms with van der Waals surface area (Å²) in [6.45, 7) is 2.17. The van der Waals surface area contributed by atoms with Crippen molar-refractivity contribution in [3.05, 3.63) is 24.3 Å². The standard InChI is InChI=1S/C20H25NO5/c1-2-25-17-8-6-16(7-9-17)21-18(22)12-26-20(24)15-10-13-4-3-5-14(11-15)19(13)23/h6-9,13-15H,2-5,10-12H2,1H3,(H,21,22)/t13-,14-/m1/s1. The fourth-order valence-electron chi connectivity index (χ4n) is 3.92. The lowest BCUT2D eigenvalue weighted by Crippen LogP contribution is -2.40. The molecule has 1 N–H and O–H groups in total. The monoisotopic (exact) mass is 359 g/mol. The van der Waals surface area contributed by atoms with E-state index in [-0.39, 0.29) is 36.2 Å². The second-order valence-corrected chi connectivity index (χ2v) is 7.01. The molecule has 26 heavy (non-hydrogen) atoms. The van der Waals surface area contributed by atoms with Crippen LogP contribution >= 0.6 is 0 Å². The van der Waals surface area contributed by atoms with E-state index in [4.69, 9.17) is 9.47 Å². The zero-order valence-corrected chi connectivity index (χ0v) is 15.0. The van der Waals surface area contributed by atoms with E-state index < -0.39 is 0 Å². The molecule has 1 aromatic rings. The van der Waals surface area contributed by atoms with Gasteiger partial charge >= 0.3 is 5.97 Å². The summed E-state index contributed by atoms with van der Waals surface area (Å²) in [5, 5.41) is 2.69. The largest absolute Gasteiger partial charge is 0.494 e. The highest BCUT2D eigenvalue weighted by atomic mass is 16.5. The van der Waals surface area contributed by atoms with E-state index >= 15 is 0 Å². The summed E-state index contributed by atoms with van der Waals surface area (Å²) in [7, 11) is 0. The number of hydrogen-bond acceptors (Lipinski definition) is 5. The number of rotatable bonds is 6. The van der Waals surface area contributed by atoms with Crippen LogP contribution in [0.5, 0.6) is 5.75 Å². The number of ketones is 1.